The van der Waals surface area contributed by atoms with Gasteiger partial charge in [-0.25, -0.2) is 9.13 Å². The maximum atomic E-state index is 13.1. The Morgan fingerprint density at radius 3 is 0.703 bits per heavy atom. The highest BCUT2D eigenvalue weighted by molar-refractivity contribution is 7.47. The van der Waals surface area contributed by atoms with Crippen LogP contribution in [0.2, 0.25) is 0 Å². The number of rotatable bonds is 79. The SMILES string of the molecule is CCC(C)CCCCCCCCCCCCCCCCC(=O)O[C@H](COC(=O)CCCCCCCCCCCCCCCC(C)C)COP(=O)(O)OC[C@@H](O)COP(=O)(O)OC[C@@H](COC(=O)CCCCCCCCC(C)CC)OC(=O)CCCCCCCCCCCCCCCCC(C)C. The van der Waals surface area contributed by atoms with Crippen molar-refractivity contribution in [1.82, 2.24) is 0 Å². The predicted molar refractivity (Wildman–Crippen MR) is 414 cm³/mol. The zero-order valence-electron chi connectivity index (χ0n) is 66.5. The summed E-state index contributed by atoms with van der Waals surface area (Å²) in [6.45, 7) is 14.3. The van der Waals surface area contributed by atoms with Crippen LogP contribution >= 0.6 is 15.6 Å². The second-order valence-electron chi connectivity index (χ2n) is 31.0. The van der Waals surface area contributed by atoms with Crippen molar-refractivity contribution < 1.29 is 80.2 Å². The quantitative estimate of drug-likeness (QED) is 0.0222. The first-order valence-electron chi connectivity index (χ1n) is 42.3. The van der Waals surface area contributed by atoms with Crippen LogP contribution in [0.4, 0.5) is 0 Å². The molecule has 17 nitrogen and oxygen atoms in total. The fourth-order valence-electron chi connectivity index (χ4n) is 12.5. The highest BCUT2D eigenvalue weighted by Crippen LogP contribution is 2.45. The maximum Gasteiger partial charge on any atom is 0.472 e. The van der Waals surface area contributed by atoms with E-state index in [1.54, 1.807) is 0 Å². The lowest BCUT2D eigenvalue weighted by Gasteiger charge is -2.21. The number of esters is 4. The Morgan fingerprint density at radius 2 is 0.475 bits per heavy atom. The van der Waals surface area contributed by atoms with E-state index in [9.17, 15) is 43.2 Å². The van der Waals surface area contributed by atoms with Gasteiger partial charge in [0.2, 0.25) is 0 Å². The van der Waals surface area contributed by atoms with Crippen LogP contribution < -0.4 is 0 Å². The second-order valence-corrected chi connectivity index (χ2v) is 33.9. The molecule has 0 amide bonds. The van der Waals surface area contributed by atoms with Gasteiger partial charge in [-0.2, -0.15) is 0 Å². The van der Waals surface area contributed by atoms with Gasteiger partial charge in [-0.3, -0.25) is 37.3 Å². The minimum Gasteiger partial charge on any atom is -0.462 e. The predicted octanol–water partition coefficient (Wildman–Crippen LogP) is 24.4. The van der Waals surface area contributed by atoms with E-state index < -0.39 is 97.5 Å². The number of carbonyl (C=O) groups excluding carboxylic acids is 4. The summed E-state index contributed by atoms with van der Waals surface area (Å²) in [7, 11) is -9.92. The van der Waals surface area contributed by atoms with E-state index in [4.69, 9.17) is 37.0 Å². The standard InChI is InChI=1S/C82H160O17P2/c1-9-74(7)60-52-44-36-30-24-18-12-14-20-27-33-39-49-57-64-81(86)98-77(68-92-79(84)62-54-46-37-31-25-21-15-17-23-29-35-43-51-59-73(5)6)70-96-100(88,89)94-66-76(83)67-95-101(90,91)97-71-78(69-93-80(85)63-55-47-41-40-45-53-61-75(8)10-2)99-82(87)65-56-48-38-32-26-19-13-11-16-22-28-34-42-50-58-72(3)4/h72-78,83H,9-71H2,1-8H3,(H,88,89)(H,90,91)/t74?,75?,76-,77-,78-/m1/s1. The number of phosphoric acid groups is 2. The molecule has 0 fully saturated rings. The topological polar surface area (TPSA) is 237 Å². The van der Waals surface area contributed by atoms with Crippen LogP contribution in [0.3, 0.4) is 0 Å². The molecule has 0 aromatic rings. The van der Waals surface area contributed by atoms with Gasteiger partial charge in [-0.05, 0) is 49.4 Å². The van der Waals surface area contributed by atoms with Gasteiger partial charge >= 0.3 is 39.5 Å². The molecule has 0 rings (SSSR count). The van der Waals surface area contributed by atoms with Crippen molar-refractivity contribution in [2.45, 2.75) is 440 Å². The molecule has 0 spiro atoms. The molecule has 101 heavy (non-hydrogen) atoms. The van der Waals surface area contributed by atoms with Crippen LogP contribution in [0, 0.1) is 23.7 Å². The number of phosphoric ester groups is 2. The maximum absolute atomic E-state index is 13.1. The van der Waals surface area contributed by atoms with Gasteiger partial charge in [-0.1, -0.05) is 370 Å². The van der Waals surface area contributed by atoms with Gasteiger partial charge in [0.15, 0.2) is 12.2 Å². The third kappa shape index (κ3) is 73.4. The van der Waals surface area contributed by atoms with E-state index in [0.29, 0.717) is 25.7 Å². The molecule has 0 saturated heterocycles. The summed E-state index contributed by atoms with van der Waals surface area (Å²) >= 11 is 0. The first-order chi connectivity index (χ1) is 48.7. The molecule has 7 atom stereocenters. The van der Waals surface area contributed by atoms with Crippen LogP contribution in [0.5, 0.6) is 0 Å². The van der Waals surface area contributed by atoms with Gasteiger partial charge < -0.3 is 33.8 Å². The third-order valence-corrected chi connectivity index (χ3v) is 21.7. The molecular formula is C82H160O17P2. The zero-order valence-corrected chi connectivity index (χ0v) is 68.3. The highest BCUT2D eigenvalue weighted by Gasteiger charge is 2.30. The van der Waals surface area contributed by atoms with Crippen molar-refractivity contribution in [3.05, 3.63) is 0 Å². The van der Waals surface area contributed by atoms with Crippen LogP contribution in [0.1, 0.15) is 421 Å². The number of ether oxygens (including phenoxy) is 4. The van der Waals surface area contributed by atoms with Gasteiger partial charge in [0.1, 0.15) is 19.3 Å². The molecule has 0 bridgehead atoms. The molecular weight excluding hydrogens is 1320 g/mol. The number of hydrogen-bond donors (Lipinski definition) is 3. The van der Waals surface area contributed by atoms with Crippen LogP contribution in [0.15, 0.2) is 0 Å². The fourth-order valence-corrected chi connectivity index (χ4v) is 14.1. The van der Waals surface area contributed by atoms with Crippen molar-refractivity contribution in [2.24, 2.45) is 23.7 Å². The first kappa shape index (κ1) is 99.1. The van der Waals surface area contributed by atoms with Gasteiger partial charge in [0, 0.05) is 25.7 Å². The van der Waals surface area contributed by atoms with Crippen LogP contribution in [-0.4, -0.2) is 96.7 Å². The summed E-state index contributed by atoms with van der Waals surface area (Å²) in [4.78, 5) is 73.1. The largest absolute Gasteiger partial charge is 0.472 e. The molecule has 4 unspecified atom stereocenters. The van der Waals surface area contributed by atoms with E-state index >= 15 is 0 Å². The molecule has 0 aromatic carbocycles. The molecule has 600 valence electrons. The molecule has 0 heterocycles. The Bertz CT molecular complexity index is 1980. The van der Waals surface area contributed by atoms with E-state index in [0.717, 1.165) is 120 Å². The summed E-state index contributed by atoms with van der Waals surface area (Å²) < 4.78 is 68.8. The fraction of sp³-hybridized carbons (Fsp3) is 0.951. The molecule has 0 radical (unpaired) electrons. The molecule has 0 saturated carbocycles. The molecule has 3 N–H and O–H groups in total. The number of aliphatic hydroxyl groups excluding tert-OH is 1. The Labute approximate surface area is 619 Å². The monoisotopic (exact) mass is 1480 g/mol. The number of carbonyl (C=O) groups is 4. The normalized spacial score (nSPS) is 14.5. The Morgan fingerprint density at radius 1 is 0.277 bits per heavy atom. The van der Waals surface area contributed by atoms with Gasteiger partial charge in [0.05, 0.1) is 26.4 Å². The number of hydrogen-bond acceptors (Lipinski definition) is 15. The summed E-state index contributed by atoms with van der Waals surface area (Å²) in [5.41, 5.74) is 0. The van der Waals surface area contributed by atoms with Gasteiger partial charge in [0.25, 0.3) is 0 Å². The average Bonchev–Trinajstić information content (AvgIpc) is 1.09. The summed E-state index contributed by atoms with van der Waals surface area (Å²) in [6.07, 6.45) is 58.2. The zero-order chi connectivity index (χ0) is 74.6. The number of unbranched alkanes of at least 4 members (excludes halogenated alkanes) is 43. The lowest BCUT2D eigenvalue weighted by molar-refractivity contribution is -0.161. The first-order valence-corrected chi connectivity index (χ1v) is 45.3. The van der Waals surface area contributed by atoms with Gasteiger partial charge in [-0.15, -0.1) is 0 Å². The van der Waals surface area contributed by atoms with Crippen molar-refractivity contribution >= 4 is 39.5 Å². The minimum atomic E-state index is -4.96. The van der Waals surface area contributed by atoms with Crippen LogP contribution in [-0.2, 0) is 65.4 Å². The van der Waals surface area contributed by atoms with Crippen molar-refractivity contribution in [3.63, 3.8) is 0 Å². The average molecular weight is 1480 g/mol. The lowest BCUT2D eigenvalue weighted by Crippen LogP contribution is -2.30. The van der Waals surface area contributed by atoms with Crippen molar-refractivity contribution in [3.8, 4) is 0 Å². The molecule has 0 aliphatic heterocycles. The lowest BCUT2D eigenvalue weighted by atomic mass is 9.99. The van der Waals surface area contributed by atoms with Crippen molar-refractivity contribution in [2.75, 3.05) is 39.6 Å². The smallest absolute Gasteiger partial charge is 0.462 e. The Balaban J connectivity index is 5.25. The molecule has 0 aliphatic rings. The van der Waals surface area contributed by atoms with Crippen molar-refractivity contribution in [1.29, 1.82) is 0 Å². The second kappa shape index (κ2) is 71.0. The van der Waals surface area contributed by atoms with Crippen LogP contribution in [0.25, 0.3) is 0 Å². The van der Waals surface area contributed by atoms with E-state index in [1.807, 2.05) is 0 Å². The van der Waals surface area contributed by atoms with E-state index in [-0.39, 0.29) is 25.7 Å². The summed E-state index contributed by atoms with van der Waals surface area (Å²) in [5, 5.41) is 10.7. The Hall–Kier alpha value is -1.94. The molecule has 0 aromatic heterocycles. The molecule has 19 heteroatoms. The number of aliphatic hydroxyl groups is 1. The summed E-state index contributed by atoms with van der Waals surface area (Å²) in [6, 6.07) is 0. The Kier molecular flexibility index (Phi) is 69.6. The summed E-state index contributed by atoms with van der Waals surface area (Å²) in [5.74, 6) is 1.05. The van der Waals surface area contributed by atoms with E-state index in [2.05, 4.69) is 55.4 Å². The highest BCUT2D eigenvalue weighted by atomic mass is 31.2. The minimum absolute atomic E-state index is 0.106. The molecule has 0 aliphatic carbocycles. The van der Waals surface area contributed by atoms with E-state index in [1.165, 1.54) is 218 Å². The third-order valence-electron chi connectivity index (χ3n) is 19.8.